The number of amides is 1. The summed E-state index contributed by atoms with van der Waals surface area (Å²) in [5.74, 6) is -0.136. The topological polar surface area (TPSA) is 69.6 Å². The number of aliphatic hydroxyl groups excluding tert-OH is 1. The van der Waals surface area contributed by atoms with Crippen LogP contribution >= 0.6 is 0 Å². The molecule has 4 nitrogen and oxygen atoms in total. The van der Waals surface area contributed by atoms with Gasteiger partial charge in [-0.05, 0) is 36.8 Å². The quantitative estimate of drug-likeness (QED) is 0.791. The summed E-state index contributed by atoms with van der Waals surface area (Å²) in [6.45, 7) is 1.62. The van der Waals surface area contributed by atoms with Gasteiger partial charge in [-0.2, -0.15) is 0 Å². The fourth-order valence-electron chi connectivity index (χ4n) is 1.87. The minimum Gasteiger partial charge on any atom is -0.508 e. The second-order valence-corrected chi connectivity index (χ2v) is 4.27. The van der Waals surface area contributed by atoms with E-state index in [1.807, 2.05) is 0 Å². The molecule has 0 heterocycles. The van der Waals surface area contributed by atoms with Gasteiger partial charge >= 0.3 is 0 Å². The van der Waals surface area contributed by atoms with Crippen molar-refractivity contribution in [2.75, 3.05) is 5.32 Å². The molecule has 0 atom stereocenters. The molecule has 2 rings (SSSR count). The monoisotopic (exact) mass is 257 g/mol. The lowest BCUT2D eigenvalue weighted by Gasteiger charge is -2.10. The van der Waals surface area contributed by atoms with Gasteiger partial charge in [-0.3, -0.25) is 4.79 Å². The van der Waals surface area contributed by atoms with Crippen LogP contribution in [0.1, 0.15) is 21.5 Å². The predicted molar refractivity (Wildman–Crippen MR) is 73.2 cm³/mol. The molecular formula is C15H15NO3. The van der Waals surface area contributed by atoms with Crippen LogP contribution in [0.4, 0.5) is 5.69 Å². The zero-order valence-corrected chi connectivity index (χ0v) is 10.6. The number of aromatic hydroxyl groups is 1. The average Bonchev–Trinajstić information content (AvgIpc) is 2.39. The molecule has 4 heteroatoms. The van der Waals surface area contributed by atoms with E-state index in [1.54, 1.807) is 37.3 Å². The number of aliphatic hydroxyl groups is 1. The van der Waals surface area contributed by atoms with Crippen LogP contribution in [0.2, 0.25) is 0 Å². The molecule has 0 aliphatic carbocycles. The number of carbonyl (C=O) groups excluding carboxylic acids is 1. The number of phenols is 1. The Balaban J connectivity index is 2.26. The molecule has 98 valence electrons. The van der Waals surface area contributed by atoms with Gasteiger partial charge in [-0.15, -0.1) is 0 Å². The third-order valence-electron chi connectivity index (χ3n) is 2.89. The molecule has 0 saturated carbocycles. The van der Waals surface area contributed by atoms with E-state index in [2.05, 4.69) is 5.32 Å². The molecule has 2 aromatic rings. The van der Waals surface area contributed by atoms with Crippen molar-refractivity contribution in [2.45, 2.75) is 13.5 Å². The molecule has 19 heavy (non-hydrogen) atoms. The number of rotatable bonds is 3. The number of para-hydroxylation sites is 1. The maximum atomic E-state index is 12.1. The van der Waals surface area contributed by atoms with E-state index >= 15 is 0 Å². The number of nitrogens with one attached hydrogen (secondary N) is 1. The van der Waals surface area contributed by atoms with Crippen LogP contribution in [0.15, 0.2) is 42.5 Å². The minimum atomic E-state index is -0.265. The standard InChI is InChI=1S/C15H15NO3/c1-10-8-12(18)6-7-13(10)15(19)16-14-5-3-2-4-11(14)9-17/h2-8,17-18H,9H2,1H3,(H,16,19). The zero-order chi connectivity index (χ0) is 13.8. The predicted octanol–water partition coefficient (Wildman–Crippen LogP) is 2.45. The number of carbonyl (C=O) groups is 1. The van der Waals surface area contributed by atoms with Crippen molar-refractivity contribution < 1.29 is 15.0 Å². The summed E-state index contributed by atoms with van der Waals surface area (Å²) >= 11 is 0. The Labute approximate surface area is 111 Å². The van der Waals surface area contributed by atoms with Crippen molar-refractivity contribution in [3.8, 4) is 5.75 Å². The Morgan fingerprint density at radius 3 is 2.63 bits per heavy atom. The molecule has 0 aliphatic rings. The number of phenolic OH excluding ortho intramolecular Hbond substituents is 1. The Bertz CT molecular complexity index is 608. The first-order valence-corrected chi connectivity index (χ1v) is 5.91. The Morgan fingerprint density at radius 1 is 1.21 bits per heavy atom. The second-order valence-electron chi connectivity index (χ2n) is 4.27. The van der Waals surface area contributed by atoms with Crippen molar-refractivity contribution in [1.82, 2.24) is 0 Å². The van der Waals surface area contributed by atoms with E-state index in [9.17, 15) is 15.0 Å². The molecule has 0 radical (unpaired) electrons. The Morgan fingerprint density at radius 2 is 1.95 bits per heavy atom. The maximum Gasteiger partial charge on any atom is 0.255 e. The fourth-order valence-corrected chi connectivity index (χ4v) is 1.87. The van der Waals surface area contributed by atoms with Gasteiger partial charge in [0.1, 0.15) is 5.75 Å². The van der Waals surface area contributed by atoms with Gasteiger partial charge in [0, 0.05) is 16.8 Å². The highest BCUT2D eigenvalue weighted by Gasteiger charge is 2.11. The van der Waals surface area contributed by atoms with Crippen molar-refractivity contribution in [2.24, 2.45) is 0 Å². The molecule has 0 saturated heterocycles. The van der Waals surface area contributed by atoms with Crippen LogP contribution < -0.4 is 5.32 Å². The lowest BCUT2D eigenvalue weighted by Crippen LogP contribution is -2.14. The van der Waals surface area contributed by atoms with Crippen molar-refractivity contribution in [3.63, 3.8) is 0 Å². The number of hydrogen-bond donors (Lipinski definition) is 3. The molecule has 3 N–H and O–H groups in total. The number of benzene rings is 2. The summed E-state index contributed by atoms with van der Waals surface area (Å²) < 4.78 is 0. The first-order chi connectivity index (χ1) is 9.11. The SMILES string of the molecule is Cc1cc(O)ccc1C(=O)Nc1ccccc1CO. The van der Waals surface area contributed by atoms with Crippen LogP contribution in [0.25, 0.3) is 0 Å². The highest BCUT2D eigenvalue weighted by atomic mass is 16.3. The number of anilines is 1. The summed E-state index contributed by atoms with van der Waals surface area (Å²) in [7, 11) is 0. The summed E-state index contributed by atoms with van der Waals surface area (Å²) in [6.07, 6.45) is 0. The lowest BCUT2D eigenvalue weighted by molar-refractivity contribution is 0.102. The van der Waals surface area contributed by atoms with Crippen molar-refractivity contribution in [3.05, 3.63) is 59.2 Å². The third kappa shape index (κ3) is 2.92. The van der Waals surface area contributed by atoms with Gasteiger partial charge in [0.15, 0.2) is 0 Å². The summed E-state index contributed by atoms with van der Waals surface area (Å²) in [6, 6.07) is 11.7. The van der Waals surface area contributed by atoms with Crippen LogP contribution in [-0.2, 0) is 6.61 Å². The molecule has 2 aromatic carbocycles. The van der Waals surface area contributed by atoms with E-state index in [0.29, 0.717) is 22.4 Å². The summed E-state index contributed by atoms with van der Waals surface area (Å²) in [5, 5.41) is 21.3. The van der Waals surface area contributed by atoms with Gasteiger partial charge in [0.25, 0.3) is 5.91 Å². The Hall–Kier alpha value is -2.33. The number of aryl methyl sites for hydroxylation is 1. The number of hydrogen-bond acceptors (Lipinski definition) is 3. The highest BCUT2D eigenvalue weighted by molar-refractivity contribution is 6.05. The summed E-state index contributed by atoms with van der Waals surface area (Å²) in [5.41, 5.74) is 2.43. The third-order valence-corrected chi connectivity index (χ3v) is 2.89. The van der Waals surface area contributed by atoms with Gasteiger partial charge < -0.3 is 15.5 Å². The molecule has 1 amide bonds. The molecule has 0 spiro atoms. The van der Waals surface area contributed by atoms with E-state index in [-0.39, 0.29) is 18.3 Å². The van der Waals surface area contributed by atoms with Gasteiger partial charge in [-0.25, -0.2) is 0 Å². The van der Waals surface area contributed by atoms with E-state index < -0.39 is 0 Å². The van der Waals surface area contributed by atoms with Crippen molar-refractivity contribution >= 4 is 11.6 Å². The lowest BCUT2D eigenvalue weighted by atomic mass is 10.1. The maximum absolute atomic E-state index is 12.1. The average molecular weight is 257 g/mol. The molecule has 0 unspecified atom stereocenters. The van der Waals surface area contributed by atoms with Crippen LogP contribution in [0.5, 0.6) is 5.75 Å². The van der Waals surface area contributed by atoms with Crippen LogP contribution in [0.3, 0.4) is 0 Å². The molecule has 0 fully saturated rings. The smallest absolute Gasteiger partial charge is 0.255 e. The van der Waals surface area contributed by atoms with Gasteiger partial charge in [0.2, 0.25) is 0 Å². The summed E-state index contributed by atoms with van der Waals surface area (Å²) in [4.78, 5) is 12.1. The van der Waals surface area contributed by atoms with E-state index in [4.69, 9.17) is 0 Å². The Kier molecular flexibility index (Phi) is 3.82. The highest BCUT2D eigenvalue weighted by Crippen LogP contribution is 2.19. The van der Waals surface area contributed by atoms with E-state index in [1.165, 1.54) is 12.1 Å². The van der Waals surface area contributed by atoms with E-state index in [0.717, 1.165) is 0 Å². The molecule has 0 aliphatic heterocycles. The second kappa shape index (κ2) is 5.54. The molecule has 0 bridgehead atoms. The molecule has 0 aromatic heterocycles. The fraction of sp³-hybridized carbons (Fsp3) is 0.133. The zero-order valence-electron chi connectivity index (χ0n) is 10.6. The van der Waals surface area contributed by atoms with Gasteiger partial charge in [0.05, 0.1) is 6.61 Å². The largest absolute Gasteiger partial charge is 0.508 e. The minimum absolute atomic E-state index is 0.129. The first kappa shape index (κ1) is 13.1. The normalized spacial score (nSPS) is 10.2. The molecular weight excluding hydrogens is 242 g/mol. The van der Waals surface area contributed by atoms with Crippen molar-refractivity contribution in [1.29, 1.82) is 0 Å². The van der Waals surface area contributed by atoms with Crippen LogP contribution in [-0.4, -0.2) is 16.1 Å². The first-order valence-electron chi connectivity index (χ1n) is 5.91. The van der Waals surface area contributed by atoms with Gasteiger partial charge in [-0.1, -0.05) is 18.2 Å². The van der Waals surface area contributed by atoms with Crippen LogP contribution in [0, 0.1) is 6.92 Å².